The first kappa shape index (κ1) is 9.08. The first-order valence-electron chi connectivity index (χ1n) is 4.99. The molecule has 0 aliphatic rings. The zero-order chi connectivity index (χ0) is 11.1. The summed E-state index contributed by atoms with van der Waals surface area (Å²) < 4.78 is 5.15. The smallest absolute Gasteiger partial charge is 0.202 e. The fourth-order valence-electron chi connectivity index (χ4n) is 1.63. The highest BCUT2D eigenvalue weighted by Crippen LogP contribution is 2.21. The van der Waals surface area contributed by atoms with Crippen molar-refractivity contribution >= 4 is 11.2 Å². The Hall–Kier alpha value is -2.17. The molecule has 16 heavy (non-hydrogen) atoms. The normalized spacial score (nSPS) is 11.1. The second kappa shape index (κ2) is 3.16. The Morgan fingerprint density at radius 2 is 2.19 bits per heavy atom. The monoisotopic (exact) mass is 214 g/mol. The van der Waals surface area contributed by atoms with Gasteiger partial charge in [0.15, 0.2) is 11.5 Å². The molecule has 3 aromatic heterocycles. The van der Waals surface area contributed by atoms with Gasteiger partial charge in [0.2, 0.25) is 5.76 Å². The van der Waals surface area contributed by atoms with E-state index in [0.29, 0.717) is 17.2 Å². The molecule has 80 valence electrons. The molecule has 0 atom stereocenters. The third-order valence-corrected chi connectivity index (χ3v) is 2.46. The number of hydrogen-bond donors (Lipinski definition) is 1. The van der Waals surface area contributed by atoms with Crippen molar-refractivity contribution in [2.45, 2.75) is 13.8 Å². The Morgan fingerprint density at radius 3 is 2.88 bits per heavy atom. The first-order valence-corrected chi connectivity index (χ1v) is 4.99. The third-order valence-electron chi connectivity index (χ3n) is 2.46. The fourth-order valence-corrected chi connectivity index (χ4v) is 1.63. The lowest BCUT2D eigenvalue weighted by Crippen LogP contribution is -1.78. The minimum Gasteiger partial charge on any atom is -0.353 e. The Bertz CT molecular complexity index is 653. The summed E-state index contributed by atoms with van der Waals surface area (Å²) in [4.78, 5) is 11.7. The Morgan fingerprint density at radius 1 is 1.31 bits per heavy atom. The molecule has 0 aliphatic carbocycles. The molecule has 0 saturated carbocycles. The van der Waals surface area contributed by atoms with E-state index in [2.05, 4.69) is 20.1 Å². The Kier molecular flexibility index (Phi) is 1.80. The number of rotatable bonds is 1. The van der Waals surface area contributed by atoms with Gasteiger partial charge in [-0.3, -0.25) is 0 Å². The van der Waals surface area contributed by atoms with Crippen molar-refractivity contribution < 1.29 is 4.52 Å². The van der Waals surface area contributed by atoms with Crippen LogP contribution in [0.25, 0.3) is 22.7 Å². The Labute approximate surface area is 91.5 Å². The van der Waals surface area contributed by atoms with E-state index < -0.39 is 0 Å². The zero-order valence-corrected chi connectivity index (χ0v) is 8.98. The highest BCUT2D eigenvalue weighted by Gasteiger charge is 2.11. The minimum absolute atomic E-state index is 0.634. The molecule has 0 spiro atoms. The summed E-state index contributed by atoms with van der Waals surface area (Å²) in [7, 11) is 0. The van der Waals surface area contributed by atoms with Gasteiger partial charge >= 0.3 is 0 Å². The number of nitrogens with one attached hydrogen (secondary N) is 1. The van der Waals surface area contributed by atoms with E-state index in [-0.39, 0.29) is 0 Å². The van der Waals surface area contributed by atoms with Crippen LogP contribution in [0.3, 0.4) is 0 Å². The van der Waals surface area contributed by atoms with Gasteiger partial charge in [-0.05, 0) is 25.5 Å². The van der Waals surface area contributed by atoms with Crippen LogP contribution in [-0.4, -0.2) is 20.1 Å². The first-order chi connectivity index (χ1) is 7.74. The third kappa shape index (κ3) is 1.29. The van der Waals surface area contributed by atoms with Gasteiger partial charge in [0.25, 0.3) is 0 Å². The average Bonchev–Trinajstić information content (AvgIpc) is 2.84. The van der Waals surface area contributed by atoms with Gasteiger partial charge < -0.3 is 9.51 Å². The van der Waals surface area contributed by atoms with Crippen LogP contribution in [0.4, 0.5) is 0 Å². The van der Waals surface area contributed by atoms with Crippen molar-refractivity contribution in [1.29, 1.82) is 0 Å². The van der Waals surface area contributed by atoms with E-state index in [1.807, 2.05) is 26.0 Å². The van der Waals surface area contributed by atoms with E-state index in [4.69, 9.17) is 4.52 Å². The summed E-state index contributed by atoms with van der Waals surface area (Å²) in [5.41, 5.74) is 3.58. The van der Waals surface area contributed by atoms with Gasteiger partial charge in [0.1, 0.15) is 0 Å². The highest BCUT2D eigenvalue weighted by molar-refractivity contribution is 5.77. The van der Waals surface area contributed by atoms with E-state index in [9.17, 15) is 0 Å². The SMILES string of the molecule is Cc1cc(-c2nc3nccc(C)c3[nH]2)on1. The van der Waals surface area contributed by atoms with Crippen molar-refractivity contribution in [2.24, 2.45) is 0 Å². The van der Waals surface area contributed by atoms with Crippen molar-refractivity contribution in [1.82, 2.24) is 20.1 Å². The largest absolute Gasteiger partial charge is 0.353 e. The van der Waals surface area contributed by atoms with E-state index in [0.717, 1.165) is 16.8 Å². The number of H-pyrrole nitrogens is 1. The number of aryl methyl sites for hydroxylation is 2. The van der Waals surface area contributed by atoms with E-state index in [1.54, 1.807) is 6.20 Å². The van der Waals surface area contributed by atoms with Crippen LogP contribution in [-0.2, 0) is 0 Å². The number of imidazole rings is 1. The molecular formula is C11H10N4O. The molecule has 5 heteroatoms. The molecule has 0 aliphatic heterocycles. The summed E-state index contributed by atoms with van der Waals surface area (Å²) >= 11 is 0. The van der Waals surface area contributed by atoms with Gasteiger partial charge in [-0.15, -0.1) is 0 Å². The number of fused-ring (bicyclic) bond motifs is 1. The molecular weight excluding hydrogens is 204 g/mol. The van der Waals surface area contributed by atoms with Gasteiger partial charge in [0, 0.05) is 12.3 Å². The molecule has 0 aromatic carbocycles. The second-order valence-electron chi connectivity index (χ2n) is 3.74. The van der Waals surface area contributed by atoms with Crippen molar-refractivity contribution in [3.63, 3.8) is 0 Å². The molecule has 0 amide bonds. The number of aromatic amines is 1. The van der Waals surface area contributed by atoms with Gasteiger partial charge in [-0.2, -0.15) is 0 Å². The summed E-state index contributed by atoms with van der Waals surface area (Å²) in [6, 6.07) is 3.78. The maximum absolute atomic E-state index is 5.15. The van der Waals surface area contributed by atoms with E-state index in [1.165, 1.54) is 0 Å². The Balaban J connectivity index is 2.22. The van der Waals surface area contributed by atoms with Crippen LogP contribution in [0, 0.1) is 13.8 Å². The fraction of sp³-hybridized carbons (Fsp3) is 0.182. The molecule has 3 aromatic rings. The number of hydrogen-bond acceptors (Lipinski definition) is 4. The highest BCUT2D eigenvalue weighted by atomic mass is 16.5. The summed E-state index contributed by atoms with van der Waals surface area (Å²) in [5, 5.41) is 3.83. The number of nitrogens with zero attached hydrogens (tertiary/aromatic N) is 3. The van der Waals surface area contributed by atoms with Gasteiger partial charge in [-0.25, -0.2) is 9.97 Å². The molecule has 0 saturated heterocycles. The van der Waals surface area contributed by atoms with Crippen LogP contribution in [0.2, 0.25) is 0 Å². The molecule has 3 heterocycles. The molecule has 0 radical (unpaired) electrons. The predicted molar refractivity (Wildman–Crippen MR) is 58.9 cm³/mol. The molecule has 0 bridgehead atoms. The zero-order valence-electron chi connectivity index (χ0n) is 8.98. The quantitative estimate of drug-likeness (QED) is 0.674. The molecule has 0 fully saturated rings. The van der Waals surface area contributed by atoms with Gasteiger partial charge in [-0.1, -0.05) is 5.16 Å². The molecule has 1 N–H and O–H groups in total. The van der Waals surface area contributed by atoms with Crippen molar-refractivity contribution in [3.05, 3.63) is 29.6 Å². The topological polar surface area (TPSA) is 67.6 Å². The van der Waals surface area contributed by atoms with Crippen LogP contribution < -0.4 is 0 Å². The predicted octanol–water partition coefficient (Wildman–Crippen LogP) is 2.23. The van der Waals surface area contributed by atoms with Crippen molar-refractivity contribution in [3.8, 4) is 11.6 Å². The van der Waals surface area contributed by atoms with Gasteiger partial charge in [0.05, 0.1) is 11.2 Å². The summed E-state index contributed by atoms with van der Waals surface area (Å²) in [6.07, 6.45) is 1.74. The second-order valence-corrected chi connectivity index (χ2v) is 3.74. The summed E-state index contributed by atoms with van der Waals surface area (Å²) in [6.45, 7) is 3.89. The lowest BCUT2D eigenvalue weighted by molar-refractivity contribution is 0.425. The maximum Gasteiger partial charge on any atom is 0.202 e. The van der Waals surface area contributed by atoms with Crippen LogP contribution >= 0.6 is 0 Å². The van der Waals surface area contributed by atoms with Crippen LogP contribution in [0.15, 0.2) is 22.9 Å². The van der Waals surface area contributed by atoms with Crippen molar-refractivity contribution in [2.75, 3.05) is 0 Å². The average molecular weight is 214 g/mol. The summed E-state index contributed by atoms with van der Waals surface area (Å²) in [5.74, 6) is 1.30. The molecule has 0 unspecified atom stereocenters. The lowest BCUT2D eigenvalue weighted by atomic mass is 10.3. The molecule has 3 rings (SSSR count). The lowest BCUT2D eigenvalue weighted by Gasteiger charge is -1.90. The van der Waals surface area contributed by atoms with Crippen LogP contribution in [0.1, 0.15) is 11.3 Å². The maximum atomic E-state index is 5.15. The standard InChI is InChI=1S/C11H10N4O/c1-6-3-4-12-11-9(6)13-10(14-11)8-5-7(2)15-16-8/h3-5H,1-2H3,(H,12,13,14). The van der Waals surface area contributed by atoms with Crippen LogP contribution in [0.5, 0.6) is 0 Å². The minimum atomic E-state index is 0.634. The number of pyridine rings is 1. The molecule has 5 nitrogen and oxygen atoms in total. The van der Waals surface area contributed by atoms with E-state index >= 15 is 0 Å². The number of aromatic nitrogens is 4.